The second-order valence-electron chi connectivity index (χ2n) is 8.44. The zero-order chi connectivity index (χ0) is 22.8. The van der Waals surface area contributed by atoms with Crippen molar-refractivity contribution >= 4 is 23.9 Å². The van der Waals surface area contributed by atoms with Gasteiger partial charge in [0.05, 0.1) is 6.54 Å². The van der Waals surface area contributed by atoms with E-state index >= 15 is 0 Å². The Morgan fingerprint density at radius 2 is 1.39 bits per heavy atom. The second-order valence-corrected chi connectivity index (χ2v) is 8.44. The molecular weight excluding hydrogens is 430 g/mol. The molecule has 0 bridgehead atoms. The molecule has 0 aromatic heterocycles. The number of amidine groups is 1. The third-order valence-corrected chi connectivity index (χ3v) is 5.37. The molecule has 0 unspecified atom stereocenters. The molecule has 0 aliphatic rings. The van der Waals surface area contributed by atoms with Crippen LogP contribution in [0, 0.1) is 0 Å². The van der Waals surface area contributed by atoms with E-state index in [1.54, 1.807) is 0 Å². The molecule has 1 N–H and O–H groups in total. The molecule has 0 radical (unpaired) electrons. The van der Waals surface area contributed by atoms with Crippen LogP contribution < -0.4 is 10.1 Å². The number of nitrogens with zero attached hydrogens (tertiary/aromatic N) is 2. The van der Waals surface area contributed by atoms with Crippen molar-refractivity contribution in [2.45, 2.75) is 46.3 Å². The van der Waals surface area contributed by atoms with Gasteiger partial charge in [0, 0.05) is 29.9 Å². The number of hydrogen-bond acceptors (Lipinski definition) is 3. The maximum atomic E-state index is 5.99. The van der Waals surface area contributed by atoms with Crippen molar-refractivity contribution in [3.63, 3.8) is 0 Å². The fourth-order valence-corrected chi connectivity index (χ4v) is 3.71. The molecule has 0 fully saturated rings. The fourth-order valence-electron chi connectivity index (χ4n) is 3.71. The van der Waals surface area contributed by atoms with Gasteiger partial charge in [-0.3, -0.25) is 9.89 Å². The molecule has 0 saturated carbocycles. The summed E-state index contributed by atoms with van der Waals surface area (Å²) in [6.45, 7) is 11.1. The van der Waals surface area contributed by atoms with E-state index in [1.807, 2.05) is 60.7 Å². The van der Waals surface area contributed by atoms with Gasteiger partial charge in [0.1, 0.15) is 18.2 Å². The minimum absolute atomic E-state index is 0. The van der Waals surface area contributed by atoms with E-state index in [1.165, 1.54) is 5.56 Å². The monoisotopic (exact) mass is 465 g/mol. The SMILES string of the molecule is CC(C)N(CCOc1ccc(NC(=NCc2ccccc2)c2ccccc2)cc1)C(C)C.Cl. The smallest absolute Gasteiger partial charge is 0.133 e. The average molecular weight is 466 g/mol. The van der Waals surface area contributed by atoms with E-state index in [4.69, 9.17) is 9.73 Å². The molecule has 0 aliphatic carbocycles. The van der Waals surface area contributed by atoms with Crippen molar-refractivity contribution in [1.82, 2.24) is 4.90 Å². The second kappa shape index (κ2) is 13.7. The van der Waals surface area contributed by atoms with Crippen LogP contribution >= 0.6 is 12.4 Å². The van der Waals surface area contributed by atoms with Gasteiger partial charge in [-0.15, -0.1) is 12.4 Å². The predicted molar refractivity (Wildman–Crippen MR) is 143 cm³/mol. The van der Waals surface area contributed by atoms with Crippen molar-refractivity contribution < 1.29 is 4.74 Å². The quantitative estimate of drug-likeness (QED) is 0.268. The molecule has 0 spiro atoms. The van der Waals surface area contributed by atoms with Crippen LogP contribution in [0.3, 0.4) is 0 Å². The minimum atomic E-state index is 0. The summed E-state index contributed by atoms with van der Waals surface area (Å²) in [5.41, 5.74) is 3.23. The third-order valence-electron chi connectivity index (χ3n) is 5.37. The van der Waals surface area contributed by atoms with Crippen LogP contribution in [0.1, 0.15) is 38.8 Å². The highest BCUT2D eigenvalue weighted by Gasteiger charge is 2.13. The Balaban J connectivity index is 0.00000385. The molecule has 33 heavy (non-hydrogen) atoms. The van der Waals surface area contributed by atoms with Gasteiger partial charge in [-0.05, 0) is 57.5 Å². The fraction of sp³-hybridized carbons (Fsp3) is 0.321. The van der Waals surface area contributed by atoms with Gasteiger partial charge < -0.3 is 10.1 Å². The number of nitrogens with one attached hydrogen (secondary N) is 1. The van der Waals surface area contributed by atoms with Crippen LogP contribution in [0.4, 0.5) is 5.69 Å². The Hall–Kier alpha value is -2.82. The summed E-state index contributed by atoms with van der Waals surface area (Å²) in [6.07, 6.45) is 0. The molecule has 0 atom stereocenters. The highest BCUT2D eigenvalue weighted by molar-refractivity contribution is 6.08. The van der Waals surface area contributed by atoms with E-state index in [2.05, 4.69) is 62.2 Å². The van der Waals surface area contributed by atoms with Crippen LogP contribution in [0.15, 0.2) is 89.9 Å². The topological polar surface area (TPSA) is 36.9 Å². The van der Waals surface area contributed by atoms with E-state index < -0.39 is 0 Å². The standard InChI is InChI=1S/C28H35N3O.ClH/c1-22(2)31(23(3)4)19-20-32-27-17-15-26(16-18-27)30-28(25-13-9-6-10-14-25)29-21-24-11-7-5-8-12-24;/h5-18,22-23H,19-21H2,1-4H3,(H,29,30);1H. The van der Waals surface area contributed by atoms with Gasteiger partial charge in [-0.2, -0.15) is 0 Å². The van der Waals surface area contributed by atoms with E-state index in [-0.39, 0.29) is 12.4 Å². The molecular formula is C28H36ClN3O. The molecule has 3 aromatic carbocycles. The van der Waals surface area contributed by atoms with Crippen LogP contribution in [-0.4, -0.2) is 36.0 Å². The molecule has 3 aromatic rings. The van der Waals surface area contributed by atoms with Gasteiger partial charge in [0.15, 0.2) is 0 Å². The first-order valence-electron chi connectivity index (χ1n) is 11.4. The lowest BCUT2D eigenvalue weighted by Gasteiger charge is -2.30. The largest absolute Gasteiger partial charge is 0.492 e. The first kappa shape index (κ1) is 26.4. The Morgan fingerprint density at radius 1 is 0.818 bits per heavy atom. The summed E-state index contributed by atoms with van der Waals surface area (Å²) in [6, 6.07) is 29.7. The lowest BCUT2D eigenvalue weighted by molar-refractivity contribution is 0.142. The number of anilines is 1. The first-order valence-corrected chi connectivity index (χ1v) is 11.4. The summed E-state index contributed by atoms with van der Waals surface area (Å²) in [7, 11) is 0. The Bertz CT molecular complexity index is 949. The zero-order valence-corrected chi connectivity index (χ0v) is 20.9. The first-order chi connectivity index (χ1) is 15.5. The summed E-state index contributed by atoms with van der Waals surface area (Å²) in [5, 5.41) is 3.48. The van der Waals surface area contributed by atoms with E-state index in [0.29, 0.717) is 25.2 Å². The van der Waals surface area contributed by atoms with Gasteiger partial charge in [0.2, 0.25) is 0 Å². The van der Waals surface area contributed by atoms with Gasteiger partial charge in [0.25, 0.3) is 0 Å². The lowest BCUT2D eigenvalue weighted by atomic mass is 10.2. The van der Waals surface area contributed by atoms with Crippen molar-refractivity contribution in [2.75, 3.05) is 18.5 Å². The number of halogens is 1. The number of hydrogen-bond donors (Lipinski definition) is 1. The van der Waals surface area contributed by atoms with Crippen molar-refractivity contribution in [3.05, 3.63) is 96.1 Å². The van der Waals surface area contributed by atoms with Crippen molar-refractivity contribution in [1.29, 1.82) is 0 Å². The third kappa shape index (κ3) is 8.56. The van der Waals surface area contributed by atoms with Crippen LogP contribution in [-0.2, 0) is 6.54 Å². The van der Waals surface area contributed by atoms with Crippen LogP contribution in [0.5, 0.6) is 5.75 Å². The van der Waals surface area contributed by atoms with Crippen molar-refractivity contribution in [2.24, 2.45) is 4.99 Å². The number of rotatable bonds is 10. The summed E-state index contributed by atoms with van der Waals surface area (Å²) >= 11 is 0. The zero-order valence-electron chi connectivity index (χ0n) is 20.1. The van der Waals surface area contributed by atoms with Gasteiger partial charge >= 0.3 is 0 Å². The van der Waals surface area contributed by atoms with Gasteiger partial charge in [-0.1, -0.05) is 60.7 Å². The maximum Gasteiger partial charge on any atom is 0.133 e. The molecule has 176 valence electrons. The number of aliphatic imine (C=N–C) groups is 1. The summed E-state index contributed by atoms with van der Waals surface area (Å²) in [5.74, 6) is 1.73. The normalized spacial score (nSPS) is 11.5. The highest BCUT2D eigenvalue weighted by atomic mass is 35.5. The molecule has 0 amide bonds. The number of benzene rings is 3. The Labute approximate surface area is 205 Å². The number of ether oxygens (including phenoxy) is 1. The van der Waals surface area contributed by atoms with E-state index in [0.717, 1.165) is 29.4 Å². The maximum absolute atomic E-state index is 5.99. The van der Waals surface area contributed by atoms with Gasteiger partial charge in [-0.25, -0.2) is 0 Å². The lowest BCUT2D eigenvalue weighted by Crippen LogP contribution is -2.39. The Morgan fingerprint density at radius 3 is 1.97 bits per heavy atom. The average Bonchev–Trinajstić information content (AvgIpc) is 2.81. The van der Waals surface area contributed by atoms with E-state index in [9.17, 15) is 0 Å². The summed E-state index contributed by atoms with van der Waals surface area (Å²) < 4.78 is 5.99. The van der Waals surface area contributed by atoms with Crippen LogP contribution in [0.2, 0.25) is 0 Å². The van der Waals surface area contributed by atoms with Crippen molar-refractivity contribution in [3.8, 4) is 5.75 Å². The minimum Gasteiger partial charge on any atom is -0.492 e. The van der Waals surface area contributed by atoms with Crippen LogP contribution in [0.25, 0.3) is 0 Å². The molecule has 0 heterocycles. The molecule has 0 saturated heterocycles. The molecule has 3 rings (SSSR count). The summed E-state index contributed by atoms with van der Waals surface area (Å²) in [4.78, 5) is 7.29. The molecule has 0 aliphatic heterocycles. The Kier molecular flexibility index (Phi) is 10.9. The highest BCUT2D eigenvalue weighted by Crippen LogP contribution is 2.18. The predicted octanol–water partition coefficient (Wildman–Crippen LogP) is 6.66. The molecule has 4 nitrogen and oxygen atoms in total. The molecule has 5 heteroatoms.